The van der Waals surface area contributed by atoms with Crippen LogP contribution in [0.15, 0.2) is 60.7 Å². The number of piperidine rings is 1. The van der Waals surface area contributed by atoms with Gasteiger partial charge >= 0.3 is 12.1 Å². The first-order valence-corrected chi connectivity index (χ1v) is 9.76. The zero-order valence-electron chi connectivity index (χ0n) is 16.1. The van der Waals surface area contributed by atoms with Gasteiger partial charge in [-0.15, -0.1) is 0 Å². The molecule has 1 aliphatic heterocycles. The molecule has 1 heterocycles. The largest absolute Gasteiger partial charge is 0.450 e. The smallest absolute Gasteiger partial charge is 0.409 e. The van der Waals surface area contributed by atoms with Gasteiger partial charge in [-0.2, -0.15) is 0 Å². The van der Waals surface area contributed by atoms with Gasteiger partial charge in [0.25, 0.3) is 0 Å². The second kappa shape index (κ2) is 9.78. The van der Waals surface area contributed by atoms with Crippen molar-refractivity contribution >= 4 is 12.1 Å². The van der Waals surface area contributed by atoms with Crippen LogP contribution in [0.2, 0.25) is 0 Å². The Kier molecular flexibility index (Phi) is 6.89. The van der Waals surface area contributed by atoms with Crippen LogP contribution in [0.5, 0.6) is 0 Å². The molecule has 1 saturated heterocycles. The molecule has 2 N–H and O–H groups in total. The second-order valence-corrected chi connectivity index (χ2v) is 6.83. The van der Waals surface area contributed by atoms with Crippen LogP contribution in [0.3, 0.4) is 0 Å². The number of nitrogens with zero attached hydrogens (tertiary/aromatic N) is 1. The molecular weight excluding hydrogens is 354 g/mol. The predicted molar refractivity (Wildman–Crippen MR) is 108 cm³/mol. The first kappa shape index (κ1) is 19.7. The van der Waals surface area contributed by atoms with Crippen molar-refractivity contribution in [1.82, 2.24) is 15.5 Å². The maximum Gasteiger partial charge on any atom is 0.409 e. The van der Waals surface area contributed by atoms with Crippen molar-refractivity contribution in [3.8, 4) is 0 Å². The number of nitrogens with one attached hydrogen (secondary N) is 2. The molecule has 0 aliphatic carbocycles. The molecule has 6 nitrogen and oxygen atoms in total. The first-order chi connectivity index (χ1) is 13.7. The number of hydrogen-bond donors (Lipinski definition) is 2. The van der Waals surface area contributed by atoms with Gasteiger partial charge in [0.15, 0.2) is 0 Å². The van der Waals surface area contributed by atoms with Gasteiger partial charge in [0.1, 0.15) is 0 Å². The Morgan fingerprint density at radius 2 is 1.54 bits per heavy atom. The highest BCUT2D eigenvalue weighted by Gasteiger charge is 2.25. The minimum atomic E-state index is -0.279. The van der Waals surface area contributed by atoms with Gasteiger partial charge in [-0.25, -0.2) is 9.59 Å². The third kappa shape index (κ3) is 5.25. The number of likely N-dealkylation sites (tertiary alicyclic amines) is 1. The number of carbonyl (C=O) groups excluding carboxylic acids is 2. The lowest BCUT2D eigenvalue weighted by Gasteiger charge is -2.32. The molecular formula is C22H27N3O3. The summed E-state index contributed by atoms with van der Waals surface area (Å²) in [6, 6.07) is 19.5. The molecule has 1 aliphatic rings. The number of ether oxygens (including phenoxy) is 1. The number of urea groups is 1. The summed E-state index contributed by atoms with van der Waals surface area (Å²) in [5, 5.41) is 6.15. The Labute approximate surface area is 165 Å². The Morgan fingerprint density at radius 3 is 2.04 bits per heavy atom. The van der Waals surface area contributed by atoms with Crippen LogP contribution in [0, 0.1) is 0 Å². The Morgan fingerprint density at radius 1 is 1.00 bits per heavy atom. The molecule has 0 radical (unpaired) electrons. The number of amides is 3. The highest BCUT2D eigenvalue weighted by Crippen LogP contribution is 2.21. The fraction of sp³-hybridized carbons (Fsp3) is 0.364. The number of benzene rings is 2. The molecule has 0 saturated carbocycles. The van der Waals surface area contributed by atoms with Gasteiger partial charge in [-0.05, 0) is 30.9 Å². The summed E-state index contributed by atoms with van der Waals surface area (Å²) >= 11 is 0. The van der Waals surface area contributed by atoms with E-state index >= 15 is 0 Å². The Balaban J connectivity index is 1.59. The average Bonchev–Trinajstić information content (AvgIpc) is 2.74. The standard InChI is InChI=1S/C22H27N3O3/c1-2-28-22(27)25-15-13-19(14-16-25)23-21(26)24-20(17-9-5-3-6-10-17)18-11-7-4-8-12-18/h3-12,19-20H,2,13-16H2,1H3,(H2,23,24,26). The molecule has 1 fully saturated rings. The zero-order valence-corrected chi connectivity index (χ0v) is 16.1. The second-order valence-electron chi connectivity index (χ2n) is 6.83. The third-order valence-electron chi connectivity index (χ3n) is 4.90. The zero-order chi connectivity index (χ0) is 19.8. The van der Waals surface area contributed by atoms with Crippen molar-refractivity contribution < 1.29 is 14.3 Å². The summed E-state index contributed by atoms with van der Waals surface area (Å²) in [4.78, 5) is 26.1. The molecule has 0 aromatic heterocycles. The molecule has 0 atom stereocenters. The van der Waals surface area contributed by atoms with Crippen molar-refractivity contribution in [2.75, 3.05) is 19.7 Å². The summed E-state index contributed by atoms with van der Waals surface area (Å²) < 4.78 is 5.04. The Hall–Kier alpha value is -3.02. The van der Waals surface area contributed by atoms with E-state index in [9.17, 15) is 9.59 Å². The molecule has 28 heavy (non-hydrogen) atoms. The minimum Gasteiger partial charge on any atom is -0.450 e. The maximum atomic E-state index is 12.7. The van der Waals surface area contributed by atoms with Crippen molar-refractivity contribution in [1.29, 1.82) is 0 Å². The van der Waals surface area contributed by atoms with Crippen molar-refractivity contribution in [2.24, 2.45) is 0 Å². The highest BCUT2D eigenvalue weighted by atomic mass is 16.6. The lowest BCUT2D eigenvalue weighted by Crippen LogP contribution is -2.49. The van der Waals surface area contributed by atoms with Crippen LogP contribution >= 0.6 is 0 Å². The van der Waals surface area contributed by atoms with Crippen LogP contribution in [-0.2, 0) is 4.74 Å². The van der Waals surface area contributed by atoms with Crippen LogP contribution in [0.1, 0.15) is 36.9 Å². The van der Waals surface area contributed by atoms with E-state index in [-0.39, 0.29) is 24.2 Å². The van der Waals surface area contributed by atoms with Gasteiger partial charge in [0.2, 0.25) is 0 Å². The molecule has 2 aromatic carbocycles. The summed E-state index contributed by atoms with van der Waals surface area (Å²) in [5.74, 6) is 0. The van der Waals surface area contributed by atoms with Crippen molar-refractivity contribution in [2.45, 2.75) is 31.8 Å². The third-order valence-corrected chi connectivity index (χ3v) is 4.90. The maximum absolute atomic E-state index is 12.7. The summed E-state index contributed by atoms with van der Waals surface area (Å²) in [7, 11) is 0. The molecule has 0 spiro atoms. The summed E-state index contributed by atoms with van der Waals surface area (Å²) in [5.41, 5.74) is 2.06. The number of rotatable bonds is 5. The minimum absolute atomic E-state index is 0.0397. The highest BCUT2D eigenvalue weighted by molar-refractivity contribution is 5.75. The van der Waals surface area contributed by atoms with Crippen LogP contribution in [-0.4, -0.2) is 42.8 Å². The lowest BCUT2D eigenvalue weighted by molar-refractivity contribution is 0.0957. The van der Waals surface area contributed by atoms with Gasteiger partial charge in [-0.1, -0.05) is 60.7 Å². The Bertz CT molecular complexity index is 720. The van der Waals surface area contributed by atoms with Gasteiger partial charge in [0, 0.05) is 19.1 Å². The quantitative estimate of drug-likeness (QED) is 0.830. The van der Waals surface area contributed by atoms with E-state index in [1.54, 1.807) is 11.8 Å². The van der Waals surface area contributed by atoms with E-state index in [0.717, 1.165) is 11.1 Å². The normalized spacial score (nSPS) is 14.6. The summed E-state index contributed by atoms with van der Waals surface area (Å²) in [6.45, 7) is 3.35. The van der Waals surface area contributed by atoms with Crippen LogP contribution < -0.4 is 10.6 Å². The van der Waals surface area contributed by atoms with E-state index in [1.165, 1.54) is 0 Å². The molecule has 6 heteroatoms. The van der Waals surface area contributed by atoms with E-state index in [0.29, 0.717) is 32.5 Å². The average molecular weight is 381 g/mol. The predicted octanol–water partition coefficient (Wildman–Crippen LogP) is 3.70. The molecule has 2 aromatic rings. The lowest BCUT2D eigenvalue weighted by atomic mass is 9.99. The fourth-order valence-electron chi connectivity index (χ4n) is 3.43. The van der Waals surface area contributed by atoms with E-state index in [2.05, 4.69) is 10.6 Å². The molecule has 148 valence electrons. The fourth-order valence-corrected chi connectivity index (χ4v) is 3.43. The molecule has 0 unspecified atom stereocenters. The van der Waals surface area contributed by atoms with Gasteiger partial charge in [-0.3, -0.25) is 0 Å². The number of carbonyl (C=O) groups is 2. The SMILES string of the molecule is CCOC(=O)N1CCC(NC(=O)NC(c2ccccc2)c2ccccc2)CC1. The van der Waals surface area contributed by atoms with E-state index in [1.807, 2.05) is 60.7 Å². The topological polar surface area (TPSA) is 70.7 Å². The van der Waals surface area contributed by atoms with Crippen molar-refractivity contribution in [3.05, 3.63) is 71.8 Å². The number of hydrogen-bond acceptors (Lipinski definition) is 3. The van der Waals surface area contributed by atoms with Crippen LogP contribution in [0.4, 0.5) is 9.59 Å². The first-order valence-electron chi connectivity index (χ1n) is 9.76. The monoisotopic (exact) mass is 381 g/mol. The van der Waals surface area contributed by atoms with Gasteiger partial charge < -0.3 is 20.3 Å². The molecule has 3 rings (SSSR count). The summed E-state index contributed by atoms with van der Waals surface area (Å²) in [6.07, 6.45) is 1.15. The van der Waals surface area contributed by atoms with E-state index < -0.39 is 0 Å². The van der Waals surface area contributed by atoms with E-state index in [4.69, 9.17) is 4.74 Å². The molecule has 0 bridgehead atoms. The molecule has 3 amide bonds. The van der Waals surface area contributed by atoms with Gasteiger partial charge in [0.05, 0.1) is 12.6 Å². The van der Waals surface area contributed by atoms with Crippen molar-refractivity contribution in [3.63, 3.8) is 0 Å². The van der Waals surface area contributed by atoms with Crippen LogP contribution in [0.25, 0.3) is 0 Å².